The zero-order chi connectivity index (χ0) is 13.9. The van der Waals surface area contributed by atoms with E-state index in [2.05, 4.69) is 15.3 Å². The van der Waals surface area contributed by atoms with Crippen LogP contribution >= 0.6 is 11.6 Å². The van der Waals surface area contributed by atoms with Crippen LogP contribution in [-0.4, -0.2) is 16.5 Å². The molecule has 1 fully saturated rings. The molecule has 0 aliphatic heterocycles. The number of halogens is 1. The van der Waals surface area contributed by atoms with E-state index in [1.807, 2.05) is 24.3 Å². The summed E-state index contributed by atoms with van der Waals surface area (Å²) in [5, 5.41) is 4.07. The molecule has 0 bridgehead atoms. The predicted molar refractivity (Wildman–Crippen MR) is 82.1 cm³/mol. The highest BCUT2D eigenvalue weighted by Gasteiger charge is 2.27. The van der Waals surface area contributed by atoms with E-state index in [-0.39, 0.29) is 0 Å². The van der Waals surface area contributed by atoms with Crippen LogP contribution in [0.5, 0.6) is 0 Å². The minimum Gasteiger partial charge on any atom is -0.384 e. The maximum Gasteiger partial charge on any atom is 0.136 e. The highest BCUT2D eigenvalue weighted by molar-refractivity contribution is 6.30. The van der Waals surface area contributed by atoms with Gasteiger partial charge in [-0.25, -0.2) is 9.97 Å². The second kappa shape index (κ2) is 5.67. The van der Waals surface area contributed by atoms with Crippen LogP contribution < -0.4 is 11.1 Å². The Balaban J connectivity index is 1.59. The lowest BCUT2D eigenvalue weighted by Crippen LogP contribution is -2.09. The molecule has 4 nitrogen and oxygen atoms in total. The van der Waals surface area contributed by atoms with Crippen molar-refractivity contribution >= 4 is 23.2 Å². The van der Waals surface area contributed by atoms with Crippen molar-refractivity contribution in [3.8, 4) is 0 Å². The molecule has 1 saturated carbocycles. The van der Waals surface area contributed by atoms with Gasteiger partial charge in [0, 0.05) is 23.6 Å². The molecule has 2 aromatic rings. The summed E-state index contributed by atoms with van der Waals surface area (Å²) in [6.07, 6.45) is 3.27. The van der Waals surface area contributed by atoms with Crippen molar-refractivity contribution in [2.45, 2.75) is 25.2 Å². The standard InChI is InChI=1S/C15H17ClN4/c16-12-5-1-10(2-6-12)7-8-18-14-9-13(17)19-15(20-14)11-3-4-11/h1-2,5-6,9,11H,3-4,7-8H2,(H3,17,18,19,20). The Labute approximate surface area is 123 Å². The quantitative estimate of drug-likeness (QED) is 0.886. The third-order valence-corrected chi connectivity index (χ3v) is 3.59. The fourth-order valence-corrected chi connectivity index (χ4v) is 2.21. The average Bonchev–Trinajstić information content (AvgIpc) is 3.25. The highest BCUT2D eigenvalue weighted by Crippen LogP contribution is 2.38. The molecule has 1 aliphatic carbocycles. The van der Waals surface area contributed by atoms with Crippen LogP contribution in [0, 0.1) is 0 Å². The molecule has 5 heteroatoms. The van der Waals surface area contributed by atoms with Crippen molar-refractivity contribution < 1.29 is 0 Å². The smallest absolute Gasteiger partial charge is 0.136 e. The van der Waals surface area contributed by atoms with Gasteiger partial charge in [0.2, 0.25) is 0 Å². The SMILES string of the molecule is Nc1cc(NCCc2ccc(Cl)cc2)nc(C2CC2)n1. The van der Waals surface area contributed by atoms with Gasteiger partial charge in [-0.2, -0.15) is 0 Å². The Morgan fingerprint density at radius 1 is 1.20 bits per heavy atom. The lowest BCUT2D eigenvalue weighted by molar-refractivity contribution is 0.920. The number of aromatic nitrogens is 2. The summed E-state index contributed by atoms with van der Waals surface area (Å²) < 4.78 is 0. The fourth-order valence-electron chi connectivity index (χ4n) is 2.09. The molecule has 1 aromatic heterocycles. The molecule has 0 radical (unpaired) electrons. The number of nitrogens with two attached hydrogens (primary N) is 1. The van der Waals surface area contributed by atoms with Gasteiger partial charge in [-0.15, -0.1) is 0 Å². The lowest BCUT2D eigenvalue weighted by Gasteiger charge is -2.08. The van der Waals surface area contributed by atoms with E-state index in [4.69, 9.17) is 17.3 Å². The van der Waals surface area contributed by atoms with Crippen LogP contribution in [0.2, 0.25) is 5.02 Å². The van der Waals surface area contributed by atoms with Crippen molar-refractivity contribution in [3.63, 3.8) is 0 Å². The lowest BCUT2D eigenvalue weighted by atomic mass is 10.1. The normalized spacial score (nSPS) is 14.2. The van der Waals surface area contributed by atoms with E-state index in [1.165, 1.54) is 18.4 Å². The molecule has 1 aromatic carbocycles. The zero-order valence-electron chi connectivity index (χ0n) is 11.1. The summed E-state index contributed by atoms with van der Waals surface area (Å²) in [7, 11) is 0. The number of benzene rings is 1. The van der Waals surface area contributed by atoms with Gasteiger partial charge < -0.3 is 11.1 Å². The van der Waals surface area contributed by atoms with E-state index in [9.17, 15) is 0 Å². The van der Waals surface area contributed by atoms with E-state index in [0.29, 0.717) is 11.7 Å². The topological polar surface area (TPSA) is 63.8 Å². The number of rotatable bonds is 5. The van der Waals surface area contributed by atoms with E-state index >= 15 is 0 Å². The summed E-state index contributed by atoms with van der Waals surface area (Å²) in [6.45, 7) is 0.808. The van der Waals surface area contributed by atoms with Crippen LogP contribution in [0.15, 0.2) is 30.3 Å². The molecule has 3 rings (SSSR count). The van der Waals surface area contributed by atoms with Crippen LogP contribution in [0.3, 0.4) is 0 Å². The molecule has 0 spiro atoms. The first kappa shape index (κ1) is 13.2. The predicted octanol–water partition coefficient (Wildman–Crippen LogP) is 3.24. The maximum absolute atomic E-state index is 5.87. The number of anilines is 2. The minimum absolute atomic E-state index is 0.510. The van der Waals surface area contributed by atoms with Gasteiger partial charge in [0.1, 0.15) is 17.5 Å². The van der Waals surface area contributed by atoms with Crippen molar-refractivity contribution in [1.29, 1.82) is 0 Å². The van der Waals surface area contributed by atoms with Gasteiger partial charge in [0.05, 0.1) is 0 Å². The van der Waals surface area contributed by atoms with Gasteiger partial charge >= 0.3 is 0 Å². The number of nitrogens with one attached hydrogen (secondary N) is 1. The third kappa shape index (κ3) is 3.39. The Bertz CT molecular complexity index is 593. The fraction of sp³-hybridized carbons (Fsp3) is 0.333. The number of hydrogen-bond donors (Lipinski definition) is 2. The molecule has 0 amide bonds. The van der Waals surface area contributed by atoms with E-state index in [1.54, 1.807) is 6.07 Å². The van der Waals surface area contributed by atoms with Gasteiger partial charge in [-0.05, 0) is 37.0 Å². The molecule has 20 heavy (non-hydrogen) atoms. The van der Waals surface area contributed by atoms with Crippen molar-refractivity contribution in [3.05, 3.63) is 46.7 Å². The van der Waals surface area contributed by atoms with E-state index < -0.39 is 0 Å². The van der Waals surface area contributed by atoms with Gasteiger partial charge in [-0.3, -0.25) is 0 Å². The van der Waals surface area contributed by atoms with Crippen LogP contribution in [-0.2, 0) is 6.42 Å². The molecule has 1 aliphatic rings. The second-order valence-corrected chi connectivity index (χ2v) is 5.55. The van der Waals surface area contributed by atoms with Crippen LogP contribution in [0.1, 0.15) is 30.1 Å². The Morgan fingerprint density at radius 2 is 1.95 bits per heavy atom. The molecular formula is C15H17ClN4. The number of nitrogen functional groups attached to an aromatic ring is 1. The Morgan fingerprint density at radius 3 is 2.65 bits per heavy atom. The summed E-state index contributed by atoms with van der Waals surface area (Å²) >= 11 is 5.87. The van der Waals surface area contributed by atoms with E-state index in [0.717, 1.165) is 29.6 Å². The molecule has 0 atom stereocenters. The third-order valence-electron chi connectivity index (χ3n) is 3.34. The second-order valence-electron chi connectivity index (χ2n) is 5.11. The van der Waals surface area contributed by atoms with Crippen LogP contribution in [0.4, 0.5) is 11.6 Å². The zero-order valence-corrected chi connectivity index (χ0v) is 11.9. The molecule has 0 unspecified atom stereocenters. The Kier molecular flexibility index (Phi) is 3.74. The molecule has 1 heterocycles. The first-order valence-electron chi connectivity index (χ1n) is 6.83. The van der Waals surface area contributed by atoms with Crippen molar-refractivity contribution in [2.24, 2.45) is 0 Å². The molecular weight excluding hydrogens is 272 g/mol. The summed E-state index contributed by atoms with van der Waals surface area (Å²) in [5.41, 5.74) is 7.06. The average molecular weight is 289 g/mol. The molecule has 3 N–H and O–H groups in total. The first-order valence-corrected chi connectivity index (χ1v) is 7.21. The van der Waals surface area contributed by atoms with Crippen molar-refractivity contribution in [1.82, 2.24) is 9.97 Å². The molecule has 0 saturated heterocycles. The molecule has 104 valence electrons. The summed E-state index contributed by atoms with van der Waals surface area (Å²) in [4.78, 5) is 8.80. The van der Waals surface area contributed by atoms with Gasteiger partial charge in [-0.1, -0.05) is 23.7 Å². The summed E-state index contributed by atoms with van der Waals surface area (Å²) in [5.74, 6) is 2.73. The maximum atomic E-state index is 5.87. The van der Waals surface area contributed by atoms with Gasteiger partial charge in [0.25, 0.3) is 0 Å². The summed E-state index contributed by atoms with van der Waals surface area (Å²) in [6, 6.07) is 9.67. The minimum atomic E-state index is 0.510. The largest absolute Gasteiger partial charge is 0.384 e. The van der Waals surface area contributed by atoms with Crippen molar-refractivity contribution in [2.75, 3.05) is 17.6 Å². The first-order chi connectivity index (χ1) is 9.70. The van der Waals surface area contributed by atoms with Crippen LogP contribution in [0.25, 0.3) is 0 Å². The highest BCUT2D eigenvalue weighted by atomic mass is 35.5. The number of nitrogens with zero attached hydrogens (tertiary/aromatic N) is 2. The van der Waals surface area contributed by atoms with Gasteiger partial charge in [0.15, 0.2) is 0 Å². The monoisotopic (exact) mass is 288 g/mol. The Hall–Kier alpha value is -1.81. The number of hydrogen-bond acceptors (Lipinski definition) is 4.